The fraction of sp³-hybridized carbons (Fsp3) is 0.118. The van der Waals surface area contributed by atoms with E-state index in [0.717, 1.165) is 21.6 Å². The van der Waals surface area contributed by atoms with E-state index in [1.54, 1.807) is 28.6 Å². The van der Waals surface area contributed by atoms with E-state index in [9.17, 15) is 4.79 Å². The number of thiazole rings is 1. The molecule has 0 saturated heterocycles. The minimum absolute atomic E-state index is 0. The maximum atomic E-state index is 12.5. The quantitative estimate of drug-likeness (QED) is 0.702. The Morgan fingerprint density at radius 3 is 2.87 bits per heavy atom. The predicted octanol–water partition coefficient (Wildman–Crippen LogP) is 3.75. The van der Waals surface area contributed by atoms with Crippen LogP contribution in [-0.4, -0.2) is 38.8 Å². The van der Waals surface area contributed by atoms with Gasteiger partial charge in [-0.1, -0.05) is 12.2 Å². The summed E-state index contributed by atoms with van der Waals surface area (Å²) in [6.07, 6.45) is 6.97. The minimum Gasteiger partial charge on any atom is -0.346 e. The zero-order chi connectivity index (χ0) is 16.2. The maximum absolute atomic E-state index is 12.5. The highest BCUT2D eigenvalue weighted by Gasteiger charge is 2.18. The molecule has 6 heteroatoms. The fourth-order valence-electron chi connectivity index (χ4n) is 2.36. The Morgan fingerprint density at radius 1 is 1.35 bits per heavy atom. The summed E-state index contributed by atoms with van der Waals surface area (Å²) in [5.74, 6) is -0.119. The number of nitrogens with zero attached hydrogens (tertiary/aromatic N) is 3. The lowest BCUT2D eigenvalue weighted by atomic mass is 10.2. The molecule has 118 valence electrons. The Kier molecular flexibility index (Phi) is 4.34. The van der Waals surface area contributed by atoms with Gasteiger partial charge in [-0.3, -0.25) is 4.79 Å². The van der Waals surface area contributed by atoms with Crippen LogP contribution in [0.25, 0.3) is 21.6 Å². The molecule has 0 aliphatic heterocycles. The molecule has 1 N–H and O–H groups in total. The zero-order valence-electron chi connectivity index (χ0n) is 12.5. The lowest BCUT2D eigenvalue weighted by Gasteiger charge is -2.17. The van der Waals surface area contributed by atoms with Gasteiger partial charge in [0, 0.05) is 43.2 Å². The second kappa shape index (κ2) is 6.58. The standard InChI is InChI=1S/C17H16N4OS.H2/c1-3-9-21(10-4-2)17(22)14-11-23-16(20-14)13-6-8-19-15-12(13)5-7-18-15;/h3-8,11H,1-2,9-10H2,(H,18,19);1H. The van der Waals surface area contributed by atoms with Crippen molar-refractivity contribution in [3.8, 4) is 10.6 Å². The number of pyridine rings is 1. The lowest BCUT2D eigenvalue weighted by Crippen LogP contribution is -2.31. The number of carbonyl (C=O) groups is 1. The Hall–Kier alpha value is -2.73. The molecule has 3 heterocycles. The van der Waals surface area contributed by atoms with Crippen LogP contribution in [0.4, 0.5) is 0 Å². The Morgan fingerprint density at radius 2 is 2.13 bits per heavy atom. The van der Waals surface area contributed by atoms with E-state index in [-0.39, 0.29) is 7.33 Å². The first-order chi connectivity index (χ1) is 11.2. The molecule has 3 aromatic rings. The number of H-pyrrole nitrogens is 1. The van der Waals surface area contributed by atoms with Crippen LogP contribution in [0.2, 0.25) is 0 Å². The number of aromatic amines is 1. The van der Waals surface area contributed by atoms with E-state index in [2.05, 4.69) is 28.1 Å². The number of aromatic nitrogens is 3. The summed E-state index contributed by atoms with van der Waals surface area (Å²) in [6, 6.07) is 3.87. The molecule has 0 unspecified atom stereocenters. The molecule has 0 spiro atoms. The number of hydrogen-bond donors (Lipinski definition) is 1. The smallest absolute Gasteiger partial charge is 0.273 e. The second-order valence-electron chi connectivity index (χ2n) is 4.92. The third-order valence-electron chi connectivity index (χ3n) is 3.40. The summed E-state index contributed by atoms with van der Waals surface area (Å²) >= 11 is 1.45. The van der Waals surface area contributed by atoms with Crippen LogP contribution >= 0.6 is 11.3 Å². The summed E-state index contributed by atoms with van der Waals surface area (Å²) in [4.78, 5) is 26.1. The summed E-state index contributed by atoms with van der Waals surface area (Å²) in [5.41, 5.74) is 2.22. The van der Waals surface area contributed by atoms with Crippen LogP contribution in [0.15, 0.2) is 55.2 Å². The third-order valence-corrected chi connectivity index (χ3v) is 4.28. The van der Waals surface area contributed by atoms with E-state index in [1.165, 1.54) is 11.3 Å². The molecular formula is C17H18N4OS. The van der Waals surface area contributed by atoms with Gasteiger partial charge in [0.1, 0.15) is 16.3 Å². The monoisotopic (exact) mass is 326 g/mol. The van der Waals surface area contributed by atoms with E-state index in [4.69, 9.17) is 0 Å². The average Bonchev–Trinajstić information content (AvgIpc) is 3.22. The van der Waals surface area contributed by atoms with Crippen molar-refractivity contribution in [3.05, 3.63) is 60.9 Å². The molecule has 3 rings (SSSR count). The third kappa shape index (κ3) is 2.93. The van der Waals surface area contributed by atoms with E-state index in [0.29, 0.717) is 18.8 Å². The topological polar surface area (TPSA) is 61.9 Å². The van der Waals surface area contributed by atoms with Crippen molar-refractivity contribution in [1.82, 2.24) is 19.9 Å². The highest BCUT2D eigenvalue weighted by Crippen LogP contribution is 2.29. The van der Waals surface area contributed by atoms with Crippen molar-refractivity contribution in [2.45, 2.75) is 0 Å². The molecule has 23 heavy (non-hydrogen) atoms. The molecule has 1 amide bonds. The van der Waals surface area contributed by atoms with Crippen molar-refractivity contribution < 1.29 is 6.22 Å². The van der Waals surface area contributed by atoms with Gasteiger partial charge in [0.2, 0.25) is 0 Å². The molecule has 0 saturated carbocycles. The highest BCUT2D eigenvalue weighted by molar-refractivity contribution is 7.13. The molecule has 0 radical (unpaired) electrons. The summed E-state index contributed by atoms with van der Waals surface area (Å²) < 4.78 is 0. The van der Waals surface area contributed by atoms with Crippen LogP contribution < -0.4 is 0 Å². The average molecular weight is 326 g/mol. The van der Waals surface area contributed by atoms with Crippen LogP contribution in [0, 0.1) is 0 Å². The van der Waals surface area contributed by atoms with Crippen molar-refractivity contribution in [2.75, 3.05) is 13.1 Å². The normalized spacial score (nSPS) is 10.6. The van der Waals surface area contributed by atoms with Gasteiger partial charge in [-0.25, -0.2) is 9.97 Å². The lowest BCUT2D eigenvalue weighted by molar-refractivity contribution is 0.0786. The van der Waals surface area contributed by atoms with Gasteiger partial charge in [-0.15, -0.1) is 24.5 Å². The van der Waals surface area contributed by atoms with E-state index >= 15 is 0 Å². The molecule has 5 nitrogen and oxygen atoms in total. The minimum atomic E-state index is -0.119. The first kappa shape index (κ1) is 15.2. The summed E-state index contributed by atoms with van der Waals surface area (Å²) in [7, 11) is 0. The largest absolute Gasteiger partial charge is 0.346 e. The number of fused-ring (bicyclic) bond motifs is 1. The Labute approximate surface area is 139 Å². The number of amides is 1. The fourth-order valence-corrected chi connectivity index (χ4v) is 3.19. The van der Waals surface area contributed by atoms with Crippen LogP contribution in [0.5, 0.6) is 0 Å². The molecule has 0 fully saturated rings. The number of rotatable bonds is 6. The van der Waals surface area contributed by atoms with Gasteiger partial charge in [-0.05, 0) is 12.1 Å². The van der Waals surface area contributed by atoms with E-state index in [1.807, 2.05) is 18.3 Å². The predicted molar refractivity (Wildman–Crippen MR) is 95.6 cm³/mol. The zero-order valence-corrected chi connectivity index (χ0v) is 13.3. The van der Waals surface area contributed by atoms with Crippen molar-refractivity contribution >= 4 is 28.3 Å². The van der Waals surface area contributed by atoms with Crippen LogP contribution in [-0.2, 0) is 0 Å². The summed E-state index contributed by atoms with van der Waals surface area (Å²) in [6.45, 7) is 8.30. The molecule has 3 aromatic heterocycles. The molecular weight excluding hydrogens is 308 g/mol. The maximum Gasteiger partial charge on any atom is 0.273 e. The Balaban J connectivity index is 0.00000208. The highest BCUT2D eigenvalue weighted by atomic mass is 32.1. The van der Waals surface area contributed by atoms with Gasteiger partial charge >= 0.3 is 0 Å². The van der Waals surface area contributed by atoms with Crippen molar-refractivity contribution in [1.29, 1.82) is 0 Å². The first-order valence-corrected chi connectivity index (χ1v) is 8.01. The van der Waals surface area contributed by atoms with Gasteiger partial charge in [0.15, 0.2) is 0 Å². The van der Waals surface area contributed by atoms with Crippen molar-refractivity contribution in [3.63, 3.8) is 0 Å². The molecule has 0 atom stereocenters. The number of nitrogens with one attached hydrogen (secondary N) is 1. The van der Waals surface area contributed by atoms with Gasteiger partial charge < -0.3 is 9.88 Å². The SMILES string of the molecule is C=CCN(CC=C)C(=O)c1csc(-c2ccnc3[nH]ccc23)n1.[HH]. The van der Waals surface area contributed by atoms with Gasteiger partial charge in [-0.2, -0.15) is 0 Å². The van der Waals surface area contributed by atoms with Crippen LogP contribution in [0.1, 0.15) is 11.9 Å². The summed E-state index contributed by atoms with van der Waals surface area (Å²) in [5, 5.41) is 3.59. The molecule has 0 aliphatic rings. The van der Waals surface area contributed by atoms with Gasteiger partial charge in [0.05, 0.1) is 0 Å². The van der Waals surface area contributed by atoms with Crippen LogP contribution in [0.3, 0.4) is 0 Å². The molecule has 0 aliphatic carbocycles. The number of carbonyl (C=O) groups excluding carboxylic acids is 1. The Bertz CT molecular complexity index is 860. The van der Waals surface area contributed by atoms with E-state index < -0.39 is 0 Å². The molecule has 0 aromatic carbocycles. The second-order valence-corrected chi connectivity index (χ2v) is 5.78. The molecule has 0 bridgehead atoms. The number of hydrogen-bond acceptors (Lipinski definition) is 4. The first-order valence-electron chi connectivity index (χ1n) is 7.13. The van der Waals surface area contributed by atoms with Gasteiger partial charge in [0.25, 0.3) is 5.91 Å². The van der Waals surface area contributed by atoms with Crippen molar-refractivity contribution in [2.24, 2.45) is 0 Å².